The van der Waals surface area contributed by atoms with Crippen molar-refractivity contribution >= 4 is 57.1 Å². The number of fused-ring (bicyclic) bond motifs is 6. The molecule has 0 aliphatic carbocycles. The summed E-state index contributed by atoms with van der Waals surface area (Å²) >= 11 is 6.84. The van der Waals surface area contributed by atoms with E-state index in [0.29, 0.717) is 82.8 Å². The van der Waals surface area contributed by atoms with Crippen LogP contribution in [0.2, 0.25) is 5.02 Å². The van der Waals surface area contributed by atoms with Gasteiger partial charge in [0.15, 0.2) is 0 Å². The molecule has 2 aliphatic rings. The molecule has 18 nitrogen and oxygen atoms in total. The number of hydrogen-bond acceptors (Lipinski definition) is 11. The average molecular weight is 1060 g/mol. The molecule has 0 radical (unpaired) electrons. The van der Waals surface area contributed by atoms with Crippen molar-refractivity contribution in [3.05, 3.63) is 207 Å². The molecular formula is C59H51ClN12O6. The molecule has 390 valence electrons. The van der Waals surface area contributed by atoms with E-state index in [1.165, 1.54) is 18.1 Å². The van der Waals surface area contributed by atoms with Crippen molar-refractivity contribution in [1.82, 2.24) is 54.7 Å². The highest BCUT2D eigenvalue weighted by atomic mass is 35.5. The summed E-state index contributed by atoms with van der Waals surface area (Å²) in [6.45, 7) is 6.25. The summed E-state index contributed by atoms with van der Waals surface area (Å²) in [4.78, 5) is 61.7. The summed E-state index contributed by atoms with van der Waals surface area (Å²) in [5, 5.41) is 24.2. The van der Waals surface area contributed by atoms with Crippen LogP contribution < -0.4 is 25.8 Å². The van der Waals surface area contributed by atoms with Gasteiger partial charge in [-0.25, -0.2) is 19.1 Å². The number of carbonyl (C=O) groups excluding carboxylic acids is 4. The van der Waals surface area contributed by atoms with Crippen molar-refractivity contribution in [1.29, 1.82) is 0 Å². The zero-order valence-electron chi connectivity index (χ0n) is 43.0. The molecule has 78 heavy (non-hydrogen) atoms. The Labute approximate surface area is 451 Å². The summed E-state index contributed by atoms with van der Waals surface area (Å²) in [6, 6.07) is 39.2. The van der Waals surface area contributed by atoms with E-state index in [2.05, 4.69) is 40.8 Å². The molecule has 0 bridgehead atoms. The third kappa shape index (κ3) is 8.59. The SMILES string of the molecule is COc1cc(-n2cnc(C)n2)ccc1C(=O)N[C@]1(c2ccccc2)CCc2c(C(=O)Oc3cccc([C@@]4(NC(=O)c5ccc(-n6cnnn6)cc5Cl)CCc5c(C(N)=O)c6cc(C)ccc6n5C4)c3)c3cc(C)ccc3n2C1. The van der Waals surface area contributed by atoms with Crippen LogP contribution in [0.4, 0.5) is 0 Å². The Balaban J connectivity index is 0.896. The molecular weight excluding hydrogens is 1010 g/mol. The lowest BCUT2D eigenvalue weighted by Gasteiger charge is -2.40. The smallest absolute Gasteiger partial charge is 0.346 e. The number of hydrogen-bond donors (Lipinski definition) is 3. The molecule has 19 heteroatoms. The summed E-state index contributed by atoms with van der Waals surface area (Å²) < 4.78 is 19.5. The quantitative estimate of drug-likeness (QED) is 0.0777. The van der Waals surface area contributed by atoms with Crippen molar-refractivity contribution in [2.45, 2.75) is 70.6 Å². The fraction of sp³-hybridized carbons (Fsp3) is 0.203. The predicted octanol–water partition coefficient (Wildman–Crippen LogP) is 8.60. The second-order valence-corrected chi connectivity index (χ2v) is 20.5. The van der Waals surface area contributed by atoms with Gasteiger partial charge in [0, 0.05) is 39.3 Å². The van der Waals surface area contributed by atoms with E-state index in [1.807, 2.05) is 91.2 Å². The monoisotopic (exact) mass is 1060 g/mol. The standard InChI is InChI=1S/C59H51ClN12O6/c1-34-13-19-47-44(25-34)52(54(61)73)49-21-24-59(31-69(47)49,64-55(74)42-17-15-39(28-46(42)60)72-33-63-67-68-72)38-11-8-12-41(27-38)78-57(76)53-45-26-35(2)14-20-48(45)70-30-58(23-22-50(53)70,37-9-6-5-7-10-37)65-56(75)43-18-16-40(29-51(43)77-4)71-32-62-36(3)66-71/h5-20,25-29,32-33H,21-24,30-31H2,1-4H3,(H2,61,73)(H,64,74)(H,65,75)/t58-,59-/m1/s1. The summed E-state index contributed by atoms with van der Waals surface area (Å²) in [5.41, 5.74) is 13.4. The Morgan fingerprint density at radius 2 is 1.27 bits per heavy atom. The van der Waals surface area contributed by atoms with Crippen molar-refractivity contribution in [3.63, 3.8) is 0 Å². The first-order valence-electron chi connectivity index (χ1n) is 25.4. The molecule has 0 spiro atoms. The maximum Gasteiger partial charge on any atom is 0.346 e. The molecule has 0 saturated heterocycles. The van der Waals surface area contributed by atoms with E-state index in [1.54, 1.807) is 72.5 Å². The minimum Gasteiger partial charge on any atom is -0.496 e. The normalized spacial score (nSPS) is 16.8. The van der Waals surface area contributed by atoms with E-state index in [0.717, 1.165) is 44.5 Å². The van der Waals surface area contributed by atoms with Gasteiger partial charge in [0.05, 0.1) is 69.9 Å². The Morgan fingerprint density at radius 3 is 1.88 bits per heavy atom. The van der Waals surface area contributed by atoms with E-state index in [-0.39, 0.29) is 28.8 Å². The molecule has 10 aromatic rings. The minimum atomic E-state index is -1.12. The number of aryl methyl sites for hydroxylation is 3. The topological polar surface area (TPSA) is 221 Å². The zero-order valence-corrected chi connectivity index (χ0v) is 43.7. The Kier molecular flexibility index (Phi) is 12.2. The lowest BCUT2D eigenvalue weighted by Crippen LogP contribution is -2.51. The summed E-state index contributed by atoms with van der Waals surface area (Å²) in [5.74, 6) is -0.628. The van der Waals surface area contributed by atoms with Gasteiger partial charge in [0.25, 0.3) is 17.7 Å². The largest absolute Gasteiger partial charge is 0.496 e. The highest BCUT2D eigenvalue weighted by Gasteiger charge is 2.43. The molecule has 0 unspecified atom stereocenters. The van der Waals surface area contributed by atoms with Crippen molar-refractivity contribution in [2.24, 2.45) is 5.73 Å². The fourth-order valence-corrected chi connectivity index (χ4v) is 11.8. The number of rotatable bonds is 12. The third-order valence-electron chi connectivity index (χ3n) is 15.3. The Bertz CT molecular complexity index is 4070. The number of nitrogens with one attached hydrogen (secondary N) is 2. The molecule has 4 aromatic heterocycles. The first-order chi connectivity index (χ1) is 37.7. The van der Waals surface area contributed by atoms with Gasteiger partial charge in [-0.2, -0.15) is 5.10 Å². The first kappa shape index (κ1) is 49.5. The molecule has 3 amide bonds. The number of tetrazole rings is 1. The molecule has 4 N–H and O–H groups in total. The van der Waals surface area contributed by atoms with Gasteiger partial charge < -0.3 is 35.0 Å². The van der Waals surface area contributed by atoms with Crippen LogP contribution in [0.3, 0.4) is 0 Å². The van der Waals surface area contributed by atoms with Crippen LogP contribution in [0.1, 0.15) is 93.7 Å². The van der Waals surface area contributed by atoms with Crippen molar-refractivity contribution in [3.8, 4) is 22.9 Å². The van der Waals surface area contributed by atoms with Crippen LogP contribution in [-0.2, 0) is 37.0 Å². The number of primary amides is 1. The van der Waals surface area contributed by atoms with Gasteiger partial charge in [-0.1, -0.05) is 77.3 Å². The number of amides is 3. The molecule has 2 atom stereocenters. The van der Waals surface area contributed by atoms with Gasteiger partial charge in [-0.05, 0) is 135 Å². The van der Waals surface area contributed by atoms with Crippen molar-refractivity contribution < 1.29 is 28.7 Å². The summed E-state index contributed by atoms with van der Waals surface area (Å²) in [6.07, 6.45) is 4.62. The molecule has 12 rings (SSSR count). The number of nitrogens with zero attached hydrogens (tertiary/aromatic N) is 9. The van der Waals surface area contributed by atoms with Crippen LogP contribution in [0.25, 0.3) is 33.2 Å². The Hall–Kier alpha value is -9.42. The maximum absolute atomic E-state index is 15.1. The first-order valence-corrected chi connectivity index (χ1v) is 25.8. The molecule has 0 saturated carbocycles. The zero-order chi connectivity index (χ0) is 54.0. The van der Waals surface area contributed by atoms with Gasteiger partial charge in [0.2, 0.25) is 0 Å². The van der Waals surface area contributed by atoms with Crippen LogP contribution in [-0.4, -0.2) is 74.9 Å². The maximum atomic E-state index is 15.1. The highest BCUT2D eigenvalue weighted by Crippen LogP contribution is 2.43. The lowest BCUT2D eigenvalue weighted by molar-refractivity contribution is 0.0728. The van der Waals surface area contributed by atoms with Gasteiger partial charge in [-0.3, -0.25) is 14.4 Å². The van der Waals surface area contributed by atoms with E-state index in [4.69, 9.17) is 26.8 Å². The number of methoxy groups -OCH3 is 1. The lowest BCUT2D eigenvalue weighted by atomic mass is 9.81. The van der Waals surface area contributed by atoms with Crippen LogP contribution >= 0.6 is 11.6 Å². The number of ether oxygens (including phenoxy) is 2. The summed E-state index contributed by atoms with van der Waals surface area (Å²) in [7, 11) is 1.53. The molecule has 6 aromatic carbocycles. The van der Waals surface area contributed by atoms with E-state index < -0.39 is 28.9 Å². The van der Waals surface area contributed by atoms with Gasteiger partial charge >= 0.3 is 5.97 Å². The number of esters is 1. The second-order valence-electron chi connectivity index (χ2n) is 20.1. The molecule has 0 fully saturated rings. The van der Waals surface area contributed by atoms with Gasteiger partial charge in [0.1, 0.15) is 30.0 Å². The fourth-order valence-electron chi connectivity index (χ4n) is 11.5. The number of benzene rings is 6. The Morgan fingerprint density at radius 1 is 0.654 bits per heavy atom. The molecule has 6 heterocycles. The predicted molar refractivity (Wildman–Crippen MR) is 291 cm³/mol. The van der Waals surface area contributed by atoms with Gasteiger partial charge in [-0.15, -0.1) is 5.10 Å². The average Bonchev–Trinajstić information content (AvgIpc) is 4.35. The molecule has 2 aliphatic heterocycles. The number of carbonyl (C=O) groups is 4. The third-order valence-corrected chi connectivity index (χ3v) is 15.6. The van der Waals surface area contributed by atoms with E-state index in [9.17, 15) is 14.4 Å². The minimum absolute atomic E-state index is 0.180. The van der Waals surface area contributed by atoms with E-state index >= 15 is 4.79 Å². The van der Waals surface area contributed by atoms with Crippen LogP contribution in [0.5, 0.6) is 11.5 Å². The number of aromatic nitrogens is 9. The van der Waals surface area contributed by atoms with Crippen molar-refractivity contribution in [2.75, 3.05) is 7.11 Å². The number of halogens is 1. The number of nitrogens with two attached hydrogens (primary N) is 1. The van der Waals surface area contributed by atoms with Crippen LogP contribution in [0, 0.1) is 20.8 Å². The van der Waals surface area contributed by atoms with Crippen LogP contribution in [0.15, 0.2) is 140 Å². The highest BCUT2D eigenvalue weighted by molar-refractivity contribution is 6.34. The second kappa shape index (κ2) is 19.3.